The maximum atomic E-state index is 12.5. The third-order valence-corrected chi connectivity index (χ3v) is 4.76. The first-order valence-electron chi connectivity index (χ1n) is 8.36. The SMILES string of the molecule is COc1ccc(CNC(=O)C2CC(c3ccccc3Cl)NN2)cc1OC. The maximum Gasteiger partial charge on any atom is 0.238 e. The molecule has 0 aromatic heterocycles. The van der Waals surface area contributed by atoms with Crippen molar-refractivity contribution < 1.29 is 14.3 Å². The first kappa shape index (κ1) is 18.5. The normalized spacial score (nSPS) is 19.2. The summed E-state index contributed by atoms with van der Waals surface area (Å²) in [7, 11) is 3.18. The van der Waals surface area contributed by atoms with Gasteiger partial charge < -0.3 is 14.8 Å². The largest absolute Gasteiger partial charge is 0.493 e. The lowest BCUT2D eigenvalue weighted by molar-refractivity contribution is -0.123. The number of hydrogen-bond donors (Lipinski definition) is 3. The van der Waals surface area contributed by atoms with Gasteiger partial charge in [0.15, 0.2) is 11.5 Å². The Labute approximate surface area is 157 Å². The van der Waals surface area contributed by atoms with Crippen LogP contribution in [0.2, 0.25) is 5.02 Å². The van der Waals surface area contributed by atoms with Crippen LogP contribution in [0.5, 0.6) is 11.5 Å². The molecule has 2 aromatic carbocycles. The summed E-state index contributed by atoms with van der Waals surface area (Å²) in [5.74, 6) is 1.23. The lowest BCUT2D eigenvalue weighted by atomic mass is 10.0. The van der Waals surface area contributed by atoms with Crippen LogP contribution in [0.25, 0.3) is 0 Å². The zero-order chi connectivity index (χ0) is 18.5. The summed E-state index contributed by atoms with van der Waals surface area (Å²) < 4.78 is 10.5. The van der Waals surface area contributed by atoms with E-state index in [0.717, 1.165) is 11.1 Å². The molecule has 1 heterocycles. The Balaban J connectivity index is 1.57. The van der Waals surface area contributed by atoms with Crippen molar-refractivity contribution in [2.24, 2.45) is 0 Å². The highest BCUT2D eigenvalue weighted by atomic mass is 35.5. The molecule has 1 aliphatic heterocycles. The third-order valence-electron chi connectivity index (χ3n) is 4.42. The van der Waals surface area contributed by atoms with Gasteiger partial charge in [-0.2, -0.15) is 0 Å². The van der Waals surface area contributed by atoms with Crippen LogP contribution in [-0.4, -0.2) is 26.2 Å². The number of halogens is 1. The quantitative estimate of drug-likeness (QED) is 0.724. The molecule has 2 unspecified atom stereocenters. The van der Waals surface area contributed by atoms with E-state index in [-0.39, 0.29) is 18.0 Å². The first-order chi connectivity index (χ1) is 12.6. The van der Waals surface area contributed by atoms with E-state index < -0.39 is 0 Å². The van der Waals surface area contributed by atoms with Crippen molar-refractivity contribution in [1.82, 2.24) is 16.2 Å². The van der Waals surface area contributed by atoms with Crippen LogP contribution in [-0.2, 0) is 11.3 Å². The lowest BCUT2D eigenvalue weighted by Gasteiger charge is -2.13. The van der Waals surface area contributed by atoms with E-state index in [0.29, 0.717) is 29.5 Å². The number of benzene rings is 2. The zero-order valence-electron chi connectivity index (χ0n) is 14.7. The van der Waals surface area contributed by atoms with Crippen molar-refractivity contribution >= 4 is 17.5 Å². The van der Waals surface area contributed by atoms with Crippen molar-refractivity contribution in [2.45, 2.75) is 25.0 Å². The minimum atomic E-state index is -0.323. The van der Waals surface area contributed by atoms with Gasteiger partial charge in [0.1, 0.15) is 6.04 Å². The van der Waals surface area contributed by atoms with E-state index in [9.17, 15) is 4.79 Å². The molecule has 0 aliphatic carbocycles. The Morgan fingerprint density at radius 1 is 1.15 bits per heavy atom. The van der Waals surface area contributed by atoms with Gasteiger partial charge in [0, 0.05) is 17.6 Å². The van der Waals surface area contributed by atoms with Crippen LogP contribution in [0.3, 0.4) is 0 Å². The van der Waals surface area contributed by atoms with E-state index in [2.05, 4.69) is 16.2 Å². The molecule has 7 heteroatoms. The Kier molecular flexibility index (Phi) is 5.98. The fourth-order valence-corrected chi connectivity index (χ4v) is 3.26. The highest BCUT2D eigenvalue weighted by Crippen LogP contribution is 2.29. The summed E-state index contributed by atoms with van der Waals surface area (Å²) in [5.41, 5.74) is 8.11. The summed E-state index contributed by atoms with van der Waals surface area (Å²) >= 11 is 6.24. The minimum absolute atomic E-state index is 0.000491. The van der Waals surface area contributed by atoms with Crippen LogP contribution in [0, 0.1) is 0 Å². The molecule has 3 rings (SSSR count). The summed E-state index contributed by atoms with van der Waals surface area (Å²) in [6.45, 7) is 0.411. The number of methoxy groups -OCH3 is 2. The number of rotatable bonds is 6. The van der Waals surface area contributed by atoms with Gasteiger partial charge in [-0.25, -0.2) is 10.9 Å². The molecule has 1 aliphatic rings. The summed E-state index contributed by atoms with van der Waals surface area (Å²) in [6.07, 6.45) is 0.626. The van der Waals surface area contributed by atoms with Gasteiger partial charge in [-0.3, -0.25) is 4.79 Å². The second-order valence-corrected chi connectivity index (χ2v) is 6.47. The molecule has 1 amide bonds. The topological polar surface area (TPSA) is 71.6 Å². The molecule has 0 saturated carbocycles. The number of hydrogen-bond acceptors (Lipinski definition) is 5. The Morgan fingerprint density at radius 2 is 1.92 bits per heavy atom. The van der Waals surface area contributed by atoms with Crippen molar-refractivity contribution in [2.75, 3.05) is 14.2 Å². The molecule has 6 nitrogen and oxygen atoms in total. The molecule has 1 saturated heterocycles. The van der Waals surface area contributed by atoms with Gasteiger partial charge >= 0.3 is 0 Å². The second kappa shape index (κ2) is 8.40. The van der Waals surface area contributed by atoms with E-state index >= 15 is 0 Å². The highest BCUT2D eigenvalue weighted by Gasteiger charge is 2.30. The molecule has 2 atom stereocenters. The molecule has 0 spiro atoms. The molecule has 0 radical (unpaired) electrons. The van der Waals surface area contributed by atoms with Gasteiger partial charge in [-0.05, 0) is 35.7 Å². The van der Waals surface area contributed by atoms with E-state index in [4.69, 9.17) is 21.1 Å². The van der Waals surface area contributed by atoms with Crippen LogP contribution in [0.1, 0.15) is 23.6 Å². The fraction of sp³-hybridized carbons (Fsp3) is 0.316. The molecule has 26 heavy (non-hydrogen) atoms. The highest BCUT2D eigenvalue weighted by molar-refractivity contribution is 6.31. The number of carbonyl (C=O) groups is 1. The standard InChI is InChI=1S/C19H22ClN3O3/c1-25-17-8-7-12(9-18(17)26-2)11-21-19(24)16-10-15(22-23-16)13-5-3-4-6-14(13)20/h3-9,15-16,22-23H,10-11H2,1-2H3,(H,21,24). The second-order valence-electron chi connectivity index (χ2n) is 6.06. The van der Waals surface area contributed by atoms with Crippen LogP contribution in [0.4, 0.5) is 0 Å². The number of amides is 1. The van der Waals surface area contributed by atoms with Gasteiger partial charge in [0.05, 0.1) is 14.2 Å². The van der Waals surface area contributed by atoms with Crippen molar-refractivity contribution in [1.29, 1.82) is 0 Å². The van der Waals surface area contributed by atoms with Crippen molar-refractivity contribution in [3.63, 3.8) is 0 Å². The summed E-state index contributed by atoms with van der Waals surface area (Å²) in [6, 6.07) is 12.9. The van der Waals surface area contributed by atoms with Crippen molar-refractivity contribution in [3.8, 4) is 11.5 Å². The van der Waals surface area contributed by atoms with Gasteiger partial charge in [0.25, 0.3) is 0 Å². The predicted octanol–water partition coefficient (Wildman–Crippen LogP) is 2.58. The number of hydrazine groups is 1. The predicted molar refractivity (Wildman–Crippen MR) is 100 cm³/mol. The first-order valence-corrected chi connectivity index (χ1v) is 8.74. The average molecular weight is 376 g/mol. The number of ether oxygens (including phenoxy) is 2. The molecule has 138 valence electrons. The van der Waals surface area contributed by atoms with Crippen molar-refractivity contribution in [3.05, 3.63) is 58.6 Å². The summed E-state index contributed by atoms with van der Waals surface area (Å²) in [4.78, 5) is 12.5. The average Bonchev–Trinajstić information content (AvgIpc) is 3.16. The van der Waals surface area contributed by atoms with Gasteiger partial charge in [-0.15, -0.1) is 0 Å². The minimum Gasteiger partial charge on any atom is -0.493 e. The smallest absolute Gasteiger partial charge is 0.238 e. The van der Waals surface area contributed by atoms with E-state index in [1.54, 1.807) is 14.2 Å². The lowest BCUT2D eigenvalue weighted by Crippen LogP contribution is -2.42. The molecule has 3 N–H and O–H groups in total. The number of carbonyl (C=O) groups excluding carboxylic acids is 1. The van der Waals surface area contributed by atoms with Crippen LogP contribution < -0.4 is 25.6 Å². The van der Waals surface area contributed by atoms with Crippen LogP contribution >= 0.6 is 11.6 Å². The zero-order valence-corrected chi connectivity index (χ0v) is 15.5. The maximum absolute atomic E-state index is 12.5. The summed E-state index contributed by atoms with van der Waals surface area (Å²) in [5, 5.41) is 3.64. The van der Waals surface area contributed by atoms with Gasteiger partial charge in [0.2, 0.25) is 5.91 Å². The molecular weight excluding hydrogens is 354 g/mol. The molecule has 0 bridgehead atoms. The third kappa shape index (κ3) is 4.09. The van der Waals surface area contributed by atoms with E-state index in [1.807, 2.05) is 42.5 Å². The Morgan fingerprint density at radius 3 is 2.65 bits per heavy atom. The molecular formula is C19H22ClN3O3. The number of nitrogens with one attached hydrogen (secondary N) is 3. The Bertz CT molecular complexity index is 784. The molecule has 1 fully saturated rings. The van der Waals surface area contributed by atoms with Crippen LogP contribution in [0.15, 0.2) is 42.5 Å². The van der Waals surface area contributed by atoms with Gasteiger partial charge in [-0.1, -0.05) is 35.9 Å². The monoisotopic (exact) mass is 375 g/mol. The molecule has 2 aromatic rings. The Hall–Kier alpha value is -2.28. The van der Waals surface area contributed by atoms with E-state index in [1.165, 1.54) is 0 Å². The fourth-order valence-electron chi connectivity index (χ4n) is 2.99.